The Hall–Kier alpha value is -3.10. The summed E-state index contributed by atoms with van der Waals surface area (Å²) in [4.78, 5) is 6.40. The standard InChI is InChI=1S/C24H16BrF2N3OS/c25-18-13-15(27)6-9-17(18)20-10-11-21(31-20)23-22(19-3-1-2-12-28-19)29-24(32)30(23)16-7-4-14(26)5-8-16/h1-13,22-23H,(H,29,32)/t22-,23-/m0/s1. The van der Waals surface area contributed by atoms with Crippen LogP contribution in [0.4, 0.5) is 14.5 Å². The average molecular weight is 512 g/mol. The van der Waals surface area contributed by atoms with E-state index in [1.54, 1.807) is 24.4 Å². The zero-order chi connectivity index (χ0) is 22.2. The van der Waals surface area contributed by atoms with E-state index in [-0.39, 0.29) is 23.7 Å². The molecule has 0 aliphatic carbocycles. The van der Waals surface area contributed by atoms with Crippen molar-refractivity contribution in [2.24, 2.45) is 0 Å². The summed E-state index contributed by atoms with van der Waals surface area (Å²) in [6, 6.07) is 19.3. The lowest BCUT2D eigenvalue weighted by molar-refractivity contribution is 0.439. The molecule has 8 heteroatoms. The zero-order valence-electron chi connectivity index (χ0n) is 16.5. The number of furan rings is 1. The molecule has 0 bridgehead atoms. The molecule has 1 aliphatic heterocycles. The van der Waals surface area contributed by atoms with Crippen LogP contribution in [0.25, 0.3) is 11.3 Å². The lowest BCUT2D eigenvalue weighted by Gasteiger charge is -2.26. The third-order valence-corrected chi connectivity index (χ3v) is 6.29. The molecule has 4 nitrogen and oxygen atoms in total. The van der Waals surface area contributed by atoms with Gasteiger partial charge in [0.1, 0.15) is 29.2 Å². The summed E-state index contributed by atoms with van der Waals surface area (Å²) in [7, 11) is 0. The van der Waals surface area contributed by atoms with Gasteiger partial charge in [0.25, 0.3) is 0 Å². The summed E-state index contributed by atoms with van der Waals surface area (Å²) < 4.78 is 34.0. The Labute approximate surface area is 197 Å². The highest BCUT2D eigenvalue weighted by molar-refractivity contribution is 9.10. The molecule has 3 heterocycles. The monoisotopic (exact) mass is 511 g/mol. The SMILES string of the molecule is Fc1ccc(N2C(=S)N[C@@H](c3ccccn3)[C@@H]2c2ccc(-c3ccc(F)cc3Br)o2)cc1. The van der Waals surface area contributed by atoms with Gasteiger partial charge < -0.3 is 14.6 Å². The molecule has 4 aromatic rings. The molecule has 5 rings (SSSR count). The minimum Gasteiger partial charge on any atom is -0.459 e. The molecular formula is C24H16BrF2N3OS. The van der Waals surface area contributed by atoms with Gasteiger partial charge >= 0.3 is 0 Å². The highest BCUT2D eigenvalue weighted by Gasteiger charge is 2.42. The molecule has 0 unspecified atom stereocenters. The largest absolute Gasteiger partial charge is 0.459 e. The molecule has 0 saturated carbocycles. The maximum Gasteiger partial charge on any atom is 0.174 e. The second-order valence-corrected chi connectivity index (χ2v) is 8.54. The van der Waals surface area contributed by atoms with Crippen molar-refractivity contribution in [3.8, 4) is 11.3 Å². The summed E-state index contributed by atoms with van der Waals surface area (Å²) in [5.74, 6) is 0.564. The van der Waals surface area contributed by atoms with Crippen LogP contribution in [0.5, 0.6) is 0 Å². The zero-order valence-corrected chi connectivity index (χ0v) is 18.9. The van der Waals surface area contributed by atoms with Crippen molar-refractivity contribution < 1.29 is 13.2 Å². The summed E-state index contributed by atoms with van der Waals surface area (Å²) in [6.07, 6.45) is 1.72. The van der Waals surface area contributed by atoms with Crippen molar-refractivity contribution in [3.05, 3.63) is 107 Å². The van der Waals surface area contributed by atoms with Crippen LogP contribution >= 0.6 is 28.1 Å². The Morgan fingerprint density at radius 2 is 1.75 bits per heavy atom. The fourth-order valence-electron chi connectivity index (χ4n) is 3.87. The molecule has 1 N–H and O–H groups in total. The third kappa shape index (κ3) is 3.80. The van der Waals surface area contributed by atoms with E-state index >= 15 is 0 Å². The summed E-state index contributed by atoms with van der Waals surface area (Å²) in [5, 5.41) is 3.82. The Morgan fingerprint density at radius 1 is 0.969 bits per heavy atom. The van der Waals surface area contributed by atoms with E-state index in [0.717, 1.165) is 16.9 Å². The van der Waals surface area contributed by atoms with Crippen molar-refractivity contribution >= 4 is 38.9 Å². The molecular weight excluding hydrogens is 496 g/mol. The number of aromatic nitrogens is 1. The fourth-order valence-corrected chi connectivity index (χ4v) is 4.76. The molecule has 1 fully saturated rings. The highest BCUT2D eigenvalue weighted by atomic mass is 79.9. The van der Waals surface area contributed by atoms with Crippen molar-refractivity contribution in [1.82, 2.24) is 10.3 Å². The van der Waals surface area contributed by atoms with Gasteiger partial charge in [-0.05, 0) is 94.9 Å². The first-order valence-corrected chi connectivity index (χ1v) is 11.0. The van der Waals surface area contributed by atoms with Gasteiger partial charge in [0.05, 0.1) is 11.7 Å². The number of benzene rings is 2. The quantitative estimate of drug-likeness (QED) is 0.314. The van der Waals surface area contributed by atoms with Crippen LogP contribution in [0.2, 0.25) is 0 Å². The van der Waals surface area contributed by atoms with Crippen molar-refractivity contribution in [2.45, 2.75) is 12.1 Å². The van der Waals surface area contributed by atoms with Crippen LogP contribution in [-0.2, 0) is 0 Å². The maximum atomic E-state index is 13.6. The van der Waals surface area contributed by atoms with Crippen LogP contribution in [0.15, 0.2) is 87.9 Å². The normalized spacial score (nSPS) is 18.1. The number of halogens is 3. The van der Waals surface area contributed by atoms with Gasteiger partial charge in [0, 0.05) is 21.9 Å². The van der Waals surface area contributed by atoms with Crippen molar-refractivity contribution in [2.75, 3.05) is 4.90 Å². The summed E-state index contributed by atoms with van der Waals surface area (Å²) in [6.45, 7) is 0. The fraction of sp³-hybridized carbons (Fsp3) is 0.0833. The lowest BCUT2D eigenvalue weighted by Crippen LogP contribution is -2.29. The van der Waals surface area contributed by atoms with Gasteiger partial charge in [0.15, 0.2) is 5.11 Å². The topological polar surface area (TPSA) is 41.3 Å². The number of thiocarbonyl (C=S) groups is 1. The number of hydrogen-bond acceptors (Lipinski definition) is 3. The van der Waals surface area contributed by atoms with Gasteiger partial charge in [-0.2, -0.15) is 0 Å². The van der Waals surface area contributed by atoms with Crippen LogP contribution in [0.3, 0.4) is 0 Å². The molecule has 0 spiro atoms. The van der Waals surface area contributed by atoms with Crippen LogP contribution in [-0.4, -0.2) is 10.1 Å². The molecule has 0 amide bonds. The molecule has 1 aliphatic rings. The van der Waals surface area contributed by atoms with Crippen LogP contribution in [0, 0.1) is 11.6 Å². The Bertz CT molecular complexity index is 1280. The summed E-state index contributed by atoms with van der Waals surface area (Å²) >= 11 is 9.05. The second-order valence-electron chi connectivity index (χ2n) is 7.30. The average Bonchev–Trinajstić information content (AvgIpc) is 3.39. The van der Waals surface area contributed by atoms with Gasteiger partial charge in [-0.25, -0.2) is 8.78 Å². The van der Waals surface area contributed by atoms with Crippen LogP contribution in [0.1, 0.15) is 23.5 Å². The minimum atomic E-state index is -0.365. The number of rotatable bonds is 4. The predicted molar refractivity (Wildman–Crippen MR) is 126 cm³/mol. The molecule has 160 valence electrons. The van der Waals surface area contributed by atoms with E-state index in [4.69, 9.17) is 16.6 Å². The smallest absolute Gasteiger partial charge is 0.174 e. The molecule has 32 heavy (non-hydrogen) atoms. The Balaban J connectivity index is 1.60. The minimum absolute atomic E-state index is 0.288. The Kier molecular flexibility index (Phi) is 5.48. The summed E-state index contributed by atoms with van der Waals surface area (Å²) in [5.41, 5.74) is 2.26. The van der Waals surface area contributed by atoms with Gasteiger partial charge in [-0.1, -0.05) is 6.07 Å². The van der Waals surface area contributed by atoms with E-state index in [2.05, 4.69) is 26.2 Å². The van der Waals surface area contributed by atoms with Gasteiger partial charge in [-0.15, -0.1) is 0 Å². The van der Waals surface area contributed by atoms with E-state index in [9.17, 15) is 8.78 Å². The number of nitrogens with zero attached hydrogens (tertiary/aromatic N) is 2. The highest BCUT2D eigenvalue weighted by Crippen LogP contribution is 2.43. The number of anilines is 1. The third-order valence-electron chi connectivity index (χ3n) is 5.32. The Morgan fingerprint density at radius 3 is 2.47 bits per heavy atom. The number of hydrogen-bond donors (Lipinski definition) is 1. The maximum absolute atomic E-state index is 13.6. The molecule has 2 atom stereocenters. The predicted octanol–water partition coefficient (Wildman–Crippen LogP) is 6.56. The number of pyridine rings is 1. The van der Waals surface area contributed by atoms with Crippen molar-refractivity contribution in [3.63, 3.8) is 0 Å². The molecule has 0 radical (unpaired) electrons. The number of nitrogens with one attached hydrogen (secondary N) is 1. The molecule has 1 saturated heterocycles. The lowest BCUT2D eigenvalue weighted by atomic mass is 10.0. The van der Waals surface area contributed by atoms with Crippen molar-refractivity contribution in [1.29, 1.82) is 0 Å². The van der Waals surface area contributed by atoms with E-state index in [0.29, 0.717) is 21.1 Å². The molecule has 2 aromatic carbocycles. The van der Waals surface area contributed by atoms with E-state index < -0.39 is 0 Å². The van der Waals surface area contributed by atoms with E-state index in [1.165, 1.54) is 24.3 Å². The van der Waals surface area contributed by atoms with Crippen LogP contribution < -0.4 is 10.2 Å². The first kappa shape index (κ1) is 20.8. The first-order chi connectivity index (χ1) is 15.5. The van der Waals surface area contributed by atoms with Gasteiger partial charge in [0.2, 0.25) is 0 Å². The van der Waals surface area contributed by atoms with Gasteiger partial charge in [-0.3, -0.25) is 4.98 Å². The first-order valence-electron chi connectivity index (χ1n) is 9.82. The second kappa shape index (κ2) is 8.44. The molecule has 2 aromatic heterocycles. The van der Waals surface area contributed by atoms with E-state index in [1.807, 2.05) is 35.2 Å².